The Morgan fingerprint density at radius 2 is 2.04 bits per heavy atom. The van der Waals surface area contributed by atoms with Crippen LogP contribution in [-0.4, -0.2) is 44.2 Å². The molecule has 3 aromatic rings. The molecular formula is C19H21N5O2. The summed E-state index contributed by atoms with van der Waals surface area (Å²) in [5.41, 5.74) is 4.53. The van der Waals surface area contributed by atoms with Crippen molar-refractivity contribution < 1.29 is 9.32 Å². The van der Waals surface area contributed by atoms with E-state index < -0.39 is 0 Å². The van der Waals surface area contributed by atoms with Crippen LogP contribution in [0.4, 0.5) is 0 Å². The molecule has 0 saturated carbocycles. The lowest BCUT2D eigenvalue weighted by Crippen LogP contribution is -2.38. The lowest BCUT2D eigenvalue weighted by atomic mass is 9.89. The zero-order valence-corrected chi connectivity index (χ0v) is 14.9. The molecule has 134 valence electrons. The van der Waals surface area contributed by atoms with Gasteiger partial charge in [-0.25, -0.2) is 0 Å². The molecule has 0 atom stereocenters. The fourth-order valence-electron chi connectivity index (χ4n) is 3.65. The minimum Gasteiger partial charge on any atom is -0.361 e. The number of aryl methyl sites for hydroxylation is 2. The van der Waals surface area contributed by atoms with Crippen LogP contribution in [0.2, 0.25) is 0 Å². The molecule has 1 aliphatic rings. The summed E-state index contributed by atoms with van der Waals surface area (Å²) in [6, 6.07) is 5.91. The van der Waals surface area contributed by atoms with E-state index in [0.717, 1.165) is 48.6 Å². The quantitative estimate of drug-likeness (QED) is 0.783. The third kappa shape index (κ3) is 3.00. The molecule has 1 saturated heterocycles. The number of nitrogens with zero attached hydrogens (tertiary/aromatic N) is 4. The van der Waals surface area contributed by atoms with Crippen LogP contribution in [-0.2, 0) is 0 Å². The van der Waals surface area contributed by atoms with Gasteiger partial charge in [-0.3, -0.25) is 14.9 Å². The predicted octanol–water partition coefficient (Wildman–Crippen LogP) is 3.10. The molecule has 0 aromatic carbocycles. The van der Waals surface area contributed by atoms with Gasteiger partial charge in [0.05, 0.1) is 17.0 Å². The van der Waals surface area contributed by atoms with Crippen molar-refractivity contribution in [2.24, 2.45) is 0 Å². The van der Waals surface area contributed by atoms with Crippen molar-refractivity contribution in [2.45, 2.75) is 32.6 Å². The number of carbonyl (C=O) groups is 1. The van der Waals surface area contributed by atoms with Gasteiger partial charge in [0.25, 0.3) is 5.91 Å². The van der Waals surface area contributed by atoms with Crippen molar-refractivity contribution in [1.29, 1.82) is 0 Å². The molecule has 7 nitrogen and oxygen atoms in total. The summed E-state index contributed by atoms with van der Waals surface area (Å²) >= 11 is 0. The SMILES string of the molecule is Cc1noc(C)c1-c1cc(C2CCN(C(=O)c3ccn[nH]3)CC2)ccn1. The van der Waals surface area contributed by atoms with Gasteiger partial charge in [0.1, 0.15) is 11.5 Å². The molecule has 0 radical (unpaired) electrons. The van der Waals surface area contributed by atoms with Gasteiger partial charge in [-0.15, -0.1) is 0 Å². The van der Waals surface area contributed by atoms with E-state index in [1.165, 1.54) is 5.56 Å². The Morgan fingerprint density at radius 1 is 1.23 bits per heavy atom. The number of hydrogen-bond acceptors (Lipinski definition) is 5. The van der Waals surface area contributed by atoms with E-state index in [9.17, 15) is 4.79 Å². The maximum Gasteiger partial charge on any atom is 0.271 e. The molecule has 0 aliphatic carbocycles. The first-order valence-electron chi connectivity index (χ1n) is 8.81. The molecule has 0 spiro atoms. The summed E-state index contributed by atoms with van der Waals surface area (Å²) in [4.78, 5) is 18.8. The Morgan fingerprint density at radius 3 is 2.69 bits per heavy atom. The van der Waals surface area contributed by atoms with Gasteiger partial charge in [-0.2, -0.15) is 5.10 Å². The molecule has 7 heteroatoms. The Hall–Kier alpha value is -2.96. The summed E-state index contributed by atoms with van der Waals surface area (Å²) in [7, 11) is 0. The fourth-order valence-corrected chi connectivity index (χ4v) is 3.65. The van der Waals surface area contributed by atoms with Crippen LogP contribution in [0.5, 0.6) is 0 Å². The highest BCUT2D eigenvalue weighted by Crippen LogP contribution is 2.32. The van der Waals surface area contributed by atoms with E-state index >= 15 is 0 Å². The van der Waals surface area contributed by atoms with Crippen LogP contribution in [0.15, 0.2) is 35.1 Å². The van der Waals surface area contributed by atoms with Crippen molar-refractivity contribution in [3.63, 3.8) is 0 Å². The van der Waals surface area contributed by atoms with Gasteiger partial charge in [0.2, 0.25) is 0 Å². The van der Waals surface area contributed by atoms with Gasteiger partial charge in [-0.1, -0.05) is 5.16 Å². The number of likely N-dealkylation sites (tertiary alicyclic amines) is 1. The molecule has 0 bridgehead atoms. The van der Waals surface area contributed by atoms with E-state index in [1.807, 2.05) is 24.9 Å². The number of nitrogens with one attached hydrogen (secondary N) is 1. The maximum atomic E-state index is 12.4. The number of piperidine rings is 1. The third-order valence-corrected chi connectivity index (χ3v) is 5.06. The molecule has 4 heterocycles. The van der Waals surface area contributed by atoms with Gasteiger partial charge in [0.15, 0.2) is 0 Å². The molecule has 0 unspecified atom stereocenters. The van der Waals surface area contributed by atoms with E-state index in [-0.39, 0.29) is 5.91 Å². The fraction of sp³-hybridized carbons (Fsp3) is 0.368. The van der Waals surface area contributed by atoms with E-state index in [1.54, 1.807) is 12.3 Å². The lowest BCUT2D eigenvalue weighted by Gasteiger charge is -2.32. The number of carbonyl (C=O) groups excluding carboxylic acids is 1. The number of rotatable bonds is 3. The van der Waals surface area contributed by atoms with Crippen molar-refractivity contribution in [1.82, 2.24) is 25.2 Å². The maximum absolute atomic E-state index is 12.4. The molecular weight excluding hydrogens is 330 g/mol. The highest BCUT2D eigenvalue weighted by Gasteiger charge is 2.25. The minimum absolute atomic E-state index is 0.0205. The molecule has 1 amide bonds. The van der Waals surface area contributed by atoms with Crippen LogP contribution in [0, 0.1) is 13.8 Å². The first-order valence-corrected chi connectivity index (χ1v) is 8.81. The van der Waals surface area contributed by atoms with E-state index in [0.29, 0.717) is 11.6 Å². The Kier molecular flexibility index (Phi) is 4.28. The Balaban J connectivity index is 1.48. The summed E-state index contributed by atoms with van der Waals surface area (Å²) < 4.78 is 5.27. The highest BCUT2D eigenvalue weighted by atomic mass is 16.5. The molecule has 26 heavy (non-hydrogen) atoms. The van der Waals surface area contributed by atoms with Crippen LogP contribution in [0.25, 0.3) is 11.3 Å². The highest BCUT2D eigenvalue weighted by molar-refractivity contribution is 5.92. The van der Waals surface area contributed by atoms with Gasteiger partial charge in [0, 0.05) is 25.5 Å². The van der Waals surface area contributed by atoms with Crippen LogP contribution >= 0.6 is 0 Å². The van der Waals surface area contributed by atoms with Crippen LogP contribution < -0.4 is 0 Å². The second-order valence-corrected chi connectivity index (χ2v) is 6.71. The predicted molar refractivity (Wildman–Crippen MR) is 95.7 cm³/mol. The van der Waals surface area contributed by atoms with Gasteiger partial charge >= 0.3 is 0 Å². The number of pyridine rings is 1. The normalized spacial score (nSPS) is 15.4. The Bertz CT molecular complexity index is 888. The van der Waals surface area contributed by atoms with Gasteiger partial charge < -0.3 is 9.42 Å². The lowest BCUT2D eigenvalue weighted by molar-refractivity contribution is 0.0707. The second kappa shape index (κ2) is 6.74. The monoisotopic (exact) mass is 351 g/mol. The number of amides is 1. The van der Waals surface area contributed by atoms with Crippen molar-refractivity contribution in [3.8, 4) is 11.3 Å². The molecule has 1 N–H and O–H groups in total. The van der Waals surface area contributed by atoms with Crippen molar-refractivity contribution >= 4 is 5.91 Å². The molecule has 3 aromatic heterocycles. The summed E-state index contributed by atoms with van der Waals surface area (Å²) in [5, 5.41) is 10.6. The first kappa shape index (κ1) is 16.5. The second-order valence-electron chi connectivity index (χ2n) is 6.71. The van der Waals surface area contributed by atoms with Crippen LogP contribution in [0.3, 0.4) is 0 Å². The number of aromatic amines is 1. The van der Waals surface area contributed by atoms with E-state index in [2.05, 4.69) is 32.5 Å². The zero-order chi connectivity index (χ0) is 18.1. The zero-order valence-electron chi connectivity index (χ0n) is 14.9. The van der Waals surface area contributed by atoms with Crippen LogP contribution in [0.1, 0.15) is 46.3 Å². The molecule has 4 rings (SSSR count). The smallest absolute Gasteiger partial charge is 0.271 e. The topological polar surface area (TPSA) is 87.9 Å². The largest absolute Gasteiger partial charge is 0.361 e. The number of H-pyrrole nitrogens is 1. The van der Waals surface area contributed by atoms with Crippen molar-refractivity contribution in [2.75, 3.05) is 13.1 Å². The number of aromatic nitrogens is 4. The summed E-state index contributed by atoms with van der Waals surface area (Å²) in [6.07, 6.45) is 5.32. The number of hydrogen-bond donors (Lipinski definition) is 1. The van der Waals surface area contributed by atoms with Gasteiger partial charge in [-0.05, 0) is 56.4 Å². The first-order chi connectivity index (χ1) is 12.6. The summed E-state index contributed by atoms with van der Waals surface area (Å²) in [5.74, 6) is 1.22. The standard InChI is InChI=1S/C19H21N5O2/c1-12-18(13(2)26-23-12)17-11-15(3-7-20-17)14-5-9-24(10-6-14)19(25)16-4-8-21-22-16/h3-4,7-8,11,14H,5-6,9-10H2,1-2H3,(H,21,22). The molecule has 1 aliphatic heterocycles. The average molecular weight is 351 g/mol. The average Bonchev–Trinajstić information content (AvgIpc) is 3.32. The van der Waals surface area contributed by atoms with Crippen molar-refractivity contribution in [3.05, 3.63) is 53.3 Å². The van der Waals surface area contributed by atoms with E-state index in [4.69, 9.17) is 4.52 Å². The molecule has 1 fully saturated rings. The Labute approximate surface area is 151 Å². The third-order valence-electron chi connectivity index (χ3n) is 5.06. The summed E-state index contributed by atoms with van der Waals surface area (Å²) in [6.45, 7) is 5.32. The minimum atomic E-state index is 0.0205.